The summed E-state index contributed by atoms with van der Waals surface area (Å²) in [7, 11) is 0. The molecule has 1 aromatic rings. The predicted molar refractivity (Wildman–Crippen MR) is 110 cm³/mol. The van der Waals surface area contributed by atoms with Crippen molar-refractivity contribution in [3.8, 4) is 5.75 Å². The molecule has 0 aromatic heterocycles. The van der Waals surface area contributed by atoms with Crippen LogP contribution in [0.4, 0.5) is 4.79 Å². The van der Waals surface area contributed by atoms with Gasteiger partial charge in [0, 0.05) is 13.1 Å². The number of imide groups is 1. The fraction of sp³-hybridized carbons (Fsp3) is 0.381. The van der Waals surface area contributed by atoms with E-state index in [1.165, 1.54) is 0 Å². The van der Waals surface area contributed by atoms with Crippen LogP contribution < -0.4 is 4.74 Å². The molecule has 0 radical (unpaired) electrons. The van der Waals surface area contributed by atoms with Gasteiger partial charge in [0.2, 0.25) is 5.91 Å². The van der Waals surface area contributed by atoms with Crippen LogP contribution in [0.15, 0.2) is 41.8 Å². The number of carbonyl (C=O) groups is 3. The highest BCUT2D eigenvalue weighted by atomic mass is 32.2. The lowest BCUT2D eigenvalue weighted by molar-refractivity contribution is -0.136. The summed E-state index contributed by atoms with van der Waals surface area (Å²) in [6.45, 7) is 7.34. The highest BCUT2D eigenvalue weighted by Crippen LogP contribution is 2.32. The van der Waals surface area contributed by atoms with Crippen molar-refractivity contribution in [3.63, 3.8) is 0 Å². The van der Waals surface area contributed by atoms with Crippen molar-refractivity contribution < 1.29 is 19.1 Å². The zero-order valence-electron chi connectivity index (χ0n) is 15.9. The number of benzene rings is 1. The van der Waals surface area contributed by atoms with E-state index in [2.05, 4.69) is 13.5 Å². The summed E-state index contributed by atoms with van der Waals surface area (Å²) in [5, 5.41) is -0.408. The van der Waals surface area contributed by atoms with Crippen LogP contribution in [-0.4, -0.2) is 53.1 Å². The van der Waals surface area contributed by atoms with Crippen molar-refractivity contribution in [1.29, 1.82) is 0 Å². The van der Waals surface area contributed by atoms with E-state index >= 15 is 0 Å². The molecule has 6 nitrogen and oxygen atoms in total. The van der Waals surface area contributed by atoms with Gasteiger partial charge < -0.3 is 9.64 Å². The summed E-state index contributed by atoms with van der Waals surface area (Å²) in [5.41, 5.74) is 0.753. The van der Waals surface area contributed by atoms with Gasteiger partial charge in [0.25, 0.3) is 11.1 Å². The largest absolute Gasteiger partial charge is 0.490 e. The van der Waals surface area contributed by atoms with Crippen LogP contribution in [0, 0.1) is 5.92 Å². The van der Waals surface area contributed by atoms with Gasteiger partial charge in [-0.1, -0.05) is 31.7 Å². The lowest BCUT2D eigenvalue weighted by Crippen LogP contribution is -2.45. The van der Waals surface area contributed by atoms with Gasteiger partial charge in [0.15, 0.2) is 0 Å². The van der Waals surface area contributed by atoms with Gasteiger partial charge in [-0.2, -0.15) is 0 Å². The Hall–Kier alpha value is -2.54. The number of hydrogen-bond acceptors (Lipinski definition) is 5. The molecule has 2 aliphatic heterocycles. The molecule has 3 rings (SSSR count). The first-order valence-corrected chi connectivity index (χ1v) is 10.2. The third kappa shape index (κ3) is 4.84. The van der Waals surface area contributed by atoms with Crippen molar-refractivity contribution in [2.75, 3.05) is 26.2 Å². The van der Waals surface area contributed by atoms with Crippen molar-refractivity contribution in [3.05, 3.63) is 47.4 Å². The second kappa shape index (κ2) is 9.10. The Labute approximate surface area is 169 Å². The average Bonchev–Trinajstić information content (AvgIpc) is 2.94. The van der Waals surface area contributed by atoms with E-state index in [4.69, 9.17) is 4.74 Å². The number of carbonyl (C=O) groups excluding carboxylic acids is 3. The summed E-state index contributed by atoms with van der Waals surface area (Å²) in [6, 6.07) is 7.24. The molecular formula is C21H24N2O4S. The molecule has 28 heavy (non-hydrogen) atoms. The Kier molecular flexibility index (Phi) is 6.57. The maximum absolute atomic E-state index is 12.6. The molecule has 0 spiro atoms. The van der Waals surface area contributed by atoms with Crippen LogP contribution in [0.2, 0.25) is 0 Å². The van der Waals surface area contributed by atoms with E-state index in [1.807, 2.05) is 18.2 Å². The fourth-order valence-corrected chi connectivity index (χ4v) is 3.97. The summed E-state index contributed by atoms with van der Waals surface area (Å²) in [6.07, 6.45) is 5.21. The molecule has 1 aromatic carbocycles. The van der Waals surface area contributed by atoms with Crippen molar-refractivity contribution in [2.24, 2.45) is 5.92 Å². The molecule has 0 aliphatic carbocycles. The minimum absolute atomic E-state index is 0.171. The molecule has 0 bridgehead atoms. The first-order valence-electron chi connectivity index (χ1n) is 9.35. The van der Waals surface area contributed by atoms with Crippen LogP contribution in [0.25, 0.3) is 6.08 Å². The smallest absolute Gasteiger partial charge is 0.294 e. The number of likely N-dealkylation sites (tertiary alicyclic amines) is 1. The quantitative estimate of drug-likeness (QED) is 0.540. The van der Waals surface area contributed by atoms with E-state index in [9.17, 15) is 14.4 Å². The van der Waals surface area contributed by atoms with Gasteiger partial charge >= 0.3 is 0 Å². The molecule has 0 N–H and O–H groups in total. The fourth-order valence-electron chi connectivity index (χ4n) is 3.13. The Bertz CT molecular complexity index is 812. The first-order chi connectivity index (χ1) is 13.5. The second-order valence-corrected chi connectivity index (χ2v) is 8.00. The zero-order chi connectivity index (χ0) is 20.1. The Balaban J connectivity index is 1.67. The van der Waals surface area contributed by atoms with E-state index in [1.54, 1.807) is 23.1 Å². The molecule has 2 heterocycles. The monoisotopic (exact) mass is 400 g/mol. The number of piperidine rings is 1. The highest BCUT2D eigenvalue weighted by Gasteiger charge is 2.37. The van der Waals surface area contributed by atoms with Crippen LogP contribution >= 0.6 is 11.8 Å². The number of thioether (sulfide) groups is 1. The lowest BCUT2D eigenvalue weighted by atomic mass is 9.99. The van der Waals surface area contributed by atoms with E-state index in [-0.39, 0.29) is 12.5 Å². The zero-order valence-corrected chi connectivity index (χ0v) is 16.7. The Morgan fingerprint density at radius 2 is 2.07 bits per heavy atom. The van der Waals surface area contributed by atoms with Gasteiger partial charge in [-0.15, -0.1) is 0 Å². The summed E-state index contributed by atoms with van der Waals surface area (Å²) in [4.78, 5) is 40.5. The molecule has 2 aliphatic rings. The van der Waals surface area contributed by atoms with Gasteiger partial charge in [0.05, 0.1) is 4.91 Å². The van der Waals surface area contributed by atoms with Gasteiger partial charge in [-0.05, 0) is 54.3 Å². The van der Waals surface area contributed by atoms with Crippen LogP contribution in [-0.2, 0) is 9.59 Å². The number of hydrogen-bond donors (Lipinski definition) is 0. The third-order valence-electron chi connectivity index (χ3n) is 4.83. The summed E-state index contributed by atoms with van der Waals surface area (Å²) >= 11 is 0.860. The van der Waals surface area contributed by atoms with E-state index in [0.29, 0.717) is 36.3 Å². The minimum atomic E-state index is -0.425. The molecule has 0 atom stereocenters. The predicted octanol–water partition coefficient (Wildman–Crippen LogP) is 3.55. The molecule has 2 fully saturated rings. The maximum Gasteiger partial charge on any atom is 0.294 e. The molecule has 2 saturated heterocycles. The Morgan fingerprint density at radius 3 is 2.79 bits per heavy atom. The van der Waals surface area contributed by atoms with Crippen molar-refractivity contribution in [1.82, 2.24) is 9.80 Å². The molecular weight excluding hydrogens is 376 g/mol. The summed E-state index contributed by atoms with van der Waals surface area (Å²) < 4.78 is 5.49. The highest BCUT2D eigenvalue weighted by molar-refractivity contribution is 8.18. The number of rotatable bonds is 6. The molecule has 148 valence electrons. The van der Waals surface area contributed by atoms with Gasteiger partial charge in [0.1, 0.15) is 18.9 Å². The minimum Gasteiger partial charge on any atom is -0.490 e. The van der Waals surface area contributed by atoms with Gasteiger partial charge in [-0.25, -0.2) is 0 Å². The second-order valence-electron chi connectivity index (χ2n) is 7.00. The summed E-state index contributed by atoms with van der Waals surface area (Å²) in [5.74, 6) is 0.666. The normalized spacial score (nSPS) is 19.4. The number of amides is 3. The molecule has 3 amide bonds. The maximum atomic E-state index is 12.6. The lowest BCUT2D eigenvalue weighted by Gasteiger charge is -2.31. The van der Waals surface area contributed by atoms with Gasteiger partial charge in [-0.3, -0.25) is 19.3 Å². The van der Waals surface area contributed by atoms with Crippen LogP contribution in [0.3, 0.4) is 0 Å². The van der Waals surface area contributed by atoms with Crippen molar-refractivity contribution >= 4 is 34.9 Å². The van der Waals surface area contributed by atoms with E-state index < -0.39 is 11.1 Å². The first kappa shape index (κ1) is 20.2. The van der Waals surface area contributed by atoms with Crippen LogP contribution in [0.1, 0.15) is 25.3 Å². The molecule has 0 saturated carbocycles. The SMILES string of the molecule is C=CCOc1cccc(/C=C2/SC(=O)N(CC(=O)N3CCC(C)CC3)C2=O)c1. The Morgan fingerprint density at radius 1 is 1.32 bits per heavy atom. The topological polar surface area (TPSA) is 66.9 Å². The third-order valence-corrected chi connectivity index (χ3v) is 5.73. The number of nitrogens with zero attached hydrogens (tertiary/aromatic N) is 2. The standard InChI is InChI=1S/C21H24N2O4S/c1-3-11-27-17-6-4-5-16(12-17)13-18-20(25)23(21(26)28-18)14-19(24)22-9-7-15(2)8-10-22/h3-6,12-13,15H,1,7-11,14H2,2H3/b18-13+. The van der Waals surface area contributed by atoms with Crippen molar-refractivity contribution in [2.45, 2.75) is 19.8 Å². The average molecular weight is 401 g/mol. The molecule has 7 heteroatoms. The van der Waals surface area contributed by atoms with E-state index in [0.717, 1.165) is 35.1 Å². The number of ether oxygens (including phenoxy) is 1. The van der Waals surface area contributed by atoms with Crippen LogP contribution in [0.5, 0.6) is 5.75 Å². The molecule has 0 unspecified atom stereocenters.